The van der Waals surface area contributed by atoms with Crippen LogP contribution in [0.2, 0.25) is 0 Å². The molecule has 1 aliphatic carbocycles. The van der Waals surface area contributed by atoms with Crippen LogP contribution in [0.15, 0.2) is 18.2 Å². The lowest BCUT2D eigenvalue weighted by molar-refractivity contribution is -0.384. The number of aliphatic hydroxyl groups excluding tert-OH is 1. The summed E-state index contributed by atoms with van der Waals surface area (Å²) in [4.78, 5) is 21.6. The predicted octanol–water partition coefficient (Wildman–Crippen LogP) is 1.26. The molecule has 2 rings (SSSR count). The largest absolute Gasteiger partial charge is 0.392 e. The van der Waals surface area contributed by atoms with Gasteiger partial charge in [-0.2, -0.15) is 0 Å². The molecule has 0 aliphatic heterocycles. The van der Waals surface area contributed by atoms with Crippen molar-refractivity contribution in [2.75, 3.05) is 5.32 Å². The smallest absolute Gasteiger partial charge is 0.293 e. The number of anilines is 1. The Morgan fingerprint density at radius 1 is 1.55 bits per heavy atom. The number of carbonyl (C=O) groups excluding carboxylic acids is 1. The van der Waals surface area contributed by atoms with Gasteiger partial charge in [-0.15, -0.1) is 0 Å². The Bertz CT molecular complexity index is 571. The summed E-state index contributed by atoms with van der Waals surface area (Å²) in [7, 11) is 0. The topological polar surface area (TPSA) is 118 Å². The van der Waals surface area contributed by atoms with Gasteiger partial charge < -0.3 is 16.2 Å². The molecule has 1 saturated carbocycles. The van der Waals surface area contributed by atoms with Crippen molar-refractivity contribution >= 4 is 17.3 Å². The molecule has 1 fully saturated rings. The van der Waals surface area contributed by atoms with Crippen LogP contribution in [-0.4, -0.2) is 28.1 Å². The molecule has 1 aromatic carbocycles. The zero-order chi connectivity index (χ0) is 15.1. The van der Waals surface area contributed by atoms with E-state index in [1.165, 1.54) is 12.1 Å². The molecule has 0 heterocycles. The SMILES string of the molecule is CC1(C)C(O)CC1Nc1ccc(C(N)=O)cc1[N+](=O)[O-]. The Labute approximate surface area is 115 Å². The molecule has 1 aromatic rings. The summed E-state index contributed by atoms with van der Waals surface area (Å²) in [5.41, 5.74) is 4.99. The number of carbonyl (C=O) groups is 1. The third-order valence-corrected chi connectivity index (χ3v) is 4.02. The fourth-order valence-electron chi connectivity index (χ4n) is 2.29. The Kier molecular flexibility index (Phi) is 3.39. The van der Waals surface area contributed by atoms with E-state index in [0.29, 0.717) is 12.1 Å². The van der Waals surface area contributed by atoms with E-state index in [0.717, 1.165) is 6.07 Å². The number of nitro benzene ring substituents is 1. The summed E-state index contributed by atoms with van der Waals surface area (Å²) in [6.07, 6.45) is 0.103. The second-order valence-electron chi connectivity index (χ2n) is 5.62. The summed E-state index contributed by atoms with van der Waals surface area (Å²) in [6.45, 7) is 3.78. The van der Waals surface area contributed by atoms with E-state index >= 15 is 0 Å². The first kappa shape index (κ1) is 14.3. The van der Waals surface area contributed by atoms with Crippen LogP contribution in [0.5, 0.6) is 0 Å². The van der Waals surface area contributed by atoms with Gasteiger partial charge in [-0.05, 0) is 18.6 Å². The van der Waals surface area contributed by atoms with E-state index in [9.17, 15) is 20.0 Å². The summed E-state index contributed by atoms with van der Waals surface area (Å²) in [5.74, 6) is -0.709. The number of aliphatic hydroxyl groups is 1. The predicted molar refractivity (Wildman–Crippen MR) is 73.4 cm³/mol. The van der Waals surface area contributed by atoms with E-state index in [4.69, 9.17) is 5.73 Å². The maximum Gasteiger partial charge on any atom is 0.293 e. The average molecular weight is 279 g/mol. The molecule has 1 amide bonds. The van der Waals surface area contributed by atoms with Gasteiger partial charge in [0.15, 0.2) is 0 Å². The number of nitrogens with one attached hydrogen (secondary N) is 1. The molecule has 4 N–H and O–H groups in total. The molecule has 7 heteroatoms. The highest BCUT2D eigenvalue weighted by atomic mass is 16.6. The number of hydrogen-bond donors (Lipinski definition) is 3. The lowest BCUT2D eigenvalue weighted by Crippen LogP contribution is -2.56. The molecular formula is C13H17N3O4. The van der Waals surface area contributed by atoms with Crippen molar-refractivity contribution in [1.29, 1.82) is 0 Å². The van der Waals surface area contributed by atoms with Crippen LogP contribution in [0.3, 0.4) is 0 Å². The molecule has 0 aromatic heterocycles. The Morgan fingerprint density at radius 3 is 2.65 bits per heavy atom. The quantitative estimate of drug-likeness (QED) is 0.566. The molecule has 2 atom stereocenters. The Hall–Kier alpha value is -2.15. The van der Waals surface area contributed by atoms with E-state index in [1.807, 2.05) is 13.8 Å². The van der Waals surface area contributed by atoms with Crippen LogP contribution in [0.4, 0.5) is 11.4 Å². The number of amides is 1. The summed E-state index contributed by atoms with van der Waals surface area (Å²) in [6, 6.07) is 4.02. The van der Waals surface area contributed by atoms with Crippen molar-refractivity contribution in [2.24, 2.45) is 11.1 Å². The minimum absolute atomic E-state index is 0.0596. The highest BCUT2D eigenvalue weighted by molar-refractivity contribution is 5.94. The normalized spacial score (nSPS) is 23.8. The zero-order valence-corrected chi connectivity index (χ0v) is 11.3. The molecule has 108 valence electrons. The second-order valence-corrected chi connectivity index (χ2v) is 5.62. The number of nitrogens with two attached hydrogens (primary N) is 1. The number of benzene rings is 1. The van der Waals surface area contributed by atoms with Crippen LogP contribution < -0.4 is 11.1 Å². The summed E-state index contributed by atoms with van der Waals surface area (Å²) in [5, 5.41) is 23.8. The molecule has 2 unspecified atom stereocenters. The highest BCUT2D eigenvalue weighted by Gasteiger charge is 2.47. The molecule has 0 radical (unpaired) electrons. The Balaban J connectivity index is 2.28. The van der Waals surface area contributed by atoms with Gasteiger partial charge in [0, 0.05) is 23.1 Å². The van der Waals surface area contributed by atoms with Crippen molar-refractivity contribution in [3.63, 3.8) is 0 Å². The minimum atomic E-state index is -0.709. The number of hydrogen-bond acceptors (Lipinski definition) is 5. The molecule has 20 heavy (non-hydrogen) atoms. The van der Waals surface area contributed by atoms with Crippen LogP contribution >= 0.6 is 0 Å². The zero-order valence-electron chi connectivity index (χ0n) is 11.3. The van der Waals surface area contributed by atoms with Crippen molar-refractivity contribution < 1.29 is 14.8 Å². The van der Waals surface area contributed by atoms with Gasteiger partial charge in [-0.3, -0.25) is 14.9 Å². The monoisotopic (exact) mass is 279 g/mol. The minimum Gasteiger partial charge on any atom is -0.392 e. The van der Waals surface area contributed by atoms with Gasteiger partial charge in [0.1, 0.15) is 5.69 Å². The van der Waals surface area contributed by atoms with E-state index in [1.54, 1.807) is 0 Å². The number of nitro groups is 1. The number of primary amides is 1. The lowest BCUT2D eigenvalue weighted by atomic mass is 9.64. The van der Waals surface area contributed by atoms with Crippen LogP contribution in [0, 0.1) is 15.5 Å². The van der Waals surface area contributed by atoms with Crippen molar-refractivity contribution in [1.82, 2.24) is 0 Å². The summed E-state index contributed by atoms with van der Waals surface area (Å²) < 4.78 is 0. The van der Waals surface area contributed by atoms with E-state index in [-0.39, 0.29) is 22.7 Å². The van der Waals surface area contributed by atoms with Gasteiger partial charge in [-0.1, -0.05) is 13.8 Å². The van der Waals surface area contributed by atoms with E-state index < -0.39 is 16.9 Å². The van der Waals surface area contributed by atoms with Gasteiger partial charge >= 0.3 is 0 Å². The van der Waals surface area contributed by atoms with Gasteiger partial charge in [-0.25, -0.2) is 0 Å². The Morgan fingerprint density at radius 2 is 2.20 bits per heavy atom. The second kappa shape index (κ2) is 4.75. The highest BCUT2D eigenvalue weighted by Crippen LogP contribution is 2.43. The number of rotatable bonds is 4. The standard InChI is InChI=1S/C13H17N3O4/c1-13(2)10(6-11(13)17)15-8-4-3-7(12(14)18)5-9(8)16(19)20/h3-5,10-11,15,17H,6H2,1-2H3,(H2,14,18). The van der Waals surface area contributed by atoms with Crippen LogP contribution in [0.1, 0.15) is 30.6 Å². The number of nitrogens with zero attached hydrogens (tertiary/aromatic N) is 1. The lowest BCUT2D eigenvalue weighted by Gasteiger charge is -2.49. The maximum absolute atomic E-state index is 11.1. The van der Waals surface area contributed by atoms with Crippen molar-refractivity contribution in [3.8, 4) is 0 Å². The maximum atomic E-state index is 11.1. The van der Waals surface area contributed by atoms with Crippen molar-refractivity contribution in [2.45, 2.75) is 32.4 Å². The molecule has 0 saturated heterocycles. The molecule has 0 spiro atoms. The summed E-state index contributed by atoms with van der Waals surface area (Å²) >= 11 is 0. The fourth-order valence-corrected chi connectivity index (χ4v) is 2.29. The first-order valence-corrected chi connectivity index (χ1v) is 6.26. The molecule has 1 aliphatic rings. The van der Waals surface area contributed by atoms with E-state index in [2.05, 4.69) is 5.32 Å². The average Bonchev–Trinajstić information content (AvgIpc) is 2.38. The fraction of sp³-hybridized carbons (Fsp3) is 0.462. The third kappa shape index (κ3) is 2.32. The van der Waals surface area contributed by atoms with Gasteiger partial charge in [0.05, 0.1) is 11.0 Å². The molecule has 0 bridgehead atoms. The van der Waals surface area contributed by atoms with Gasteiger partial charge in [0.2, 0.25) is 5.91 Å². The molecule has 7 nitrogen and oxygen atoms in total. The first-order valence-electron chi connectivity index (χ1n) is 6.26. The third-order valence-electron chi connectivity index (χ3n) is 4.02. The van der Waals surface area contributed by atoms with Crippen LogP contribution in [-0.2, 0) is 0 Å². The van der Waals surface area contributed by atoms with Gasteiger partial charge in [0.25, 0.3) is 5.69 Å². The van der Waals surface area contributed by atoms with Crippen molar-refractivity contribution in [3.05, 3.63) is 33.9 Å². The molecular weight excluding hydrogens is 262 g/mol. The first-order chi connectivity index (χ1) is 9.23. The van der Waals surface area contributed by atoms with Crippen LogP contribution in [0.25, 0.3) is 0 Å².